The van der Waals surface area contributed by atoms with Gasteiger partial charge in [0.05, 0.1) is 23.1 Å². The van der Waals surface area contributed by atoms with Crippen LogP contribution < -0.4 is 5.32 Å². The van der Waals surface area contributed by atoms with Crippen molar-refractivity contribution in [3.8, 4) is 6.07 Å². The number of carbonyl (C=O) groups is 1. The Bertz CT molecular complexity index is 1020. The predicted octanol–water partition coefficient (Wildman–Crippen LogP) is 2.63. The summed E-state index contributed by atoms with van der Waals surface area (Å²) < 4.78 is 27.2. The topological polar surface area (TPSA) is 93.5 Å². The lowest BCUT2D eigenvalue weighted by molar-refractivity contribution is -0.130. The van der Waals surface area contributed by atoms with Crippen LogP contribution in [0.2, 0.25) is 0 Å². The zero-order chi connectivity index (χ0) is 21.7. The van der Waals surface area contributed by atoms with Gasteiger partial charge >= 0.3 is 0 Å². The van der Waals surface area contributed by atoms with Gasteiger partial charge in [-0.1, -0.05) is 26.0 Å². The first-order valence-corrected chi connectivity index (χ1v) is 11.4. The molecule has 0 aliphatic carbocycles. The Labute approximate surface area is 178 Å². The minimum absolute atomic E-state index is 0.0855. The maximum absolute atomic E-state index is 12.9. The van der Waals surface area contributed by atoms with Crippen LogP contribution >= 0.6 is 0 Å². The van der Waals surface area contributed by atoms with Crippen LogP contribution in [0.4, 0.5) is 5.69 Å². The van der Waals surface area contributed by atoms with Gasteiger partial charge in [-0.3, -0.25) is 4.79 Å². The molecular weight excluding hydrogens is 400 g/mol. The van der Waals surface area contributed by atoms with Crippen molar-refractivity contribution in [1.82, 2.24) is 9.21 Å². The standard InChI is InChI=1S/C22H26N4O3S/c1-17(2)19-5-9-21(10-6-19)30(28,29)26-13-11-25(12-14-26)22(27)16-24-20-7-3-18(15-23)4-8-20/h3-10,17,24H,11-14,16H2,1-2H3. The quantitative estimate of drug-likeness (QED) is 0.766. The Hall–Kier alpha value is -2.89. The van der Waals surface area contributed by atoms with Crippen LogP contribution in [-0.4, -0.2) is 56.3 Å². The smallest absolute Gasteiger partial charge is 0.243 e. The van der Waals surface area contributed by atoms with Crippen molar-refractivity contribution < 1.29 is 13.2 Å². The number of nitrogens with zero attached hydrogens (tertiary/aromatic N) is 3. The molecule has 0 saturated carbocycles. The number of hydrogen-bond acceptors (Lipinski definition) is 5. The number of rotatable bonds is 6. The average molecular weight is 427 g/mol. The molecule has 0 radical (unpaired) electrons. The van der Waals surface area contributed by atoms with Gasteiger partial charge in [-0.2, -0.15) is 9.57 Å². The fourth-order valence-electron chi connectivity index (χ4n) is 3.30. The molecule has 0 unspecified atom stereocenters. The number of anilines is 1. The lowest BCUT2D eigenvalue weighted by atomic mass is 10.0. The van der Waals surface area contributed by atoms with E-state index in [0.29, 0.717) is 24.6 Å². The van der Waals surface area contributed by atoms with Crippen LogP contribution in [0, 0.1) is 11.3 Å². The van der Waals surface area contributed by atoms with Gasteiger partial charge in [0.1, 0.15) is 0 Å². The van der Waals surface area contributed by atoms with Crippen molar-refractivity contribution in [2.45, 2.75) is 24.7 Å². The zero-order valence-corrected chi connectivity index (χ0v) is 18.0. The molecule has 1 fully saturated rings. The number of nitriles is 1. The van der Waals surface area contributed by atoms with Gasteiger partial charge in [0, 0.05) is 31.9 Å². The van der Waals surface area contributed by atoms with E-state index in [0.717, 1.165) is 11.3 Å². The summed E-state index contributed by atoms with van der Waals surface area (Å²) in [7, 11) is -3.56. The summed E-state index contributed by atoms with van der Waals surface area (Å²) in [6, 6.07) is 15.9. The SMILES string of the molecule is CC(C)c1ccc(S(=O)(=O)N2CCN(C(=O)CNc3ccc(C#N)cc3)CC2)cc1. The second-order valence-electron chi connectivity index (χ2n) is 7.55. The molecule has 1 saturated heterocycles. The number of sulfonamides is 1. The highest BCUT2D eigenvalue weighted by Gasteiger charge is 2.30. The van der Waals surface area contributed by atoms with Crippen molar-refractivity contribution in [2.24, 2.45) is 0 Å². The number of piperazine rings is 1. The summed E-state index contributed by atoms with van der Waals surface area (Å²) >= 11 is 0. The molecule has 3 rings (SSSR count). The molecule has 8 heteroatoms. The van der Waals surface area contributed by atoms with E-state index in [4.69, 9.17) is 5.26 Å². The molecule has 0 atom stereocenters. The normalized spacial score (nSPS) is 15.1. The second kappa shape index (κ2) is 9.28. The molecule has 1 amide bonds. The Morgan fingerprint density at radius 2 is 1.63 bits per heavy atom. The van der Waals surface area contributed by atoms with Gasteiger partial charge in [-0.15, -0.1) is 0 Å². The van der Waals surface area contributed by atoms with E-state index < -0.39 is 10.0 Å². The third kappa shape index (κ3) is 4.99. The number of benzene rings is 2. The Morgan fingerprint density at radius 1 is 1.03 bits per heavy atom. The van der Waals surface area contributed by atoms with E-state index >= 15 is 0 Å². The average Bonchev–Trinajstić information content (AvgIpc) is 2.78. The van der Waals surface area contributed by atoms with Gasteiger partial charge in [0.25, 0.3) is 0 Å². The van der Waals surface area contributed by atoms with Crippen molar-refractivity contribution >= 4 is 21.6 Å². The van der Waals surface area contributed by atoms with Crippen LogP contribution in [-0.2, 0) is 14.8 Å². The van der Waals surface area contributed by atoms with Crippen molar-refractivity contribution in [1.29, 1.82) is 5.26 Å². The largest absolute Gasteiger partial charge is 0.376 e. The molecule has 30 heavy (non-hydrogen) atoms. The minimum Gasteiger partial charge on any atom is -0.376 e. The Balaban J connectivity index is 1.54. The number of nitrogens with one attached hydrogen (secondary N) is 1. The molecular formula is C22H26N4O3S. The molecule has 1 heterocycles. The van der Waals surface area contributed by atoms with Crippen molar-refractivity contribution in [2.75, 3.05) is 38.0 Å². The first-order valence-electron chi connectivity index (χ1n) is 9.93. The van der Waals surface area contributed by atoms with E-state index in [2.05, 4.69) is 19.2 Å². The summed E-state index contributed by atoms with van der Waals surface area (Å²) in [5.74, 6) is 0.256. The van der Waals surface area contributed by atoms with Crippen LogP contribution in [0.1, 0.15) is 30.9 Å². The van der Waals surface area contributed by atoms with E-state index in [1.807, 2.05) is 18.2 Å². The minimum atomic E-state index is -3.56. The summed E-state index contributed by atoms with van der Waals surface area (Å²) in [6.45, 7) is 5.52. The van der Waals surface area contributed by atoms with E-state index in [9.17, 15) is 13.2 Å². The summed E-state index contributed by atoms with van der Waals surface area (Å²) in [4.78, 5) is 14.4. The lowest BCUT2D eigenvalue weighted by Gasteiger charge is -2.34. The highest BCUT2D eigenvalue weighted by Crippen LogP contribution is 2.21. The third-order valence-corrected chi connectivity index (χ3v) is 7.15. The Kier molecular flexibility index (Phi) is 6.75. The zero-order valence-electron chi connectivity index (χ0n) is 17.2. The van der Waals surface area contributed by atoms with Crippen molar-refractivity contribution in [3.05, 3.63) is 59.7 Å². The lowest BCUT2D eigenvalue weighted by Crippen LogP contribution is -2.51. The maximum Gasteiger partial charge on any atom is 0.243 e. The highest BCUT2D eigenvalue weighted by atomic mass is 32.2. The summed E-state index contributed by atoms with van der Waals surface area (Å²) in [6.07, 6.45) is 0. The monoisotopic (exact) mass is 426 g/mol. The van der Waals surface area contributed by atoms with E-state index in [1.165, 1.54) is 4.31 Å². The van der Waals surface area contributed by atoms with Crippen LogP contribution in [0.3, 0.4) is 0 Å². The molecule has 0 spiro atoms. The number of carbonyl (C=O) groups excluding carboxylic acids is 1. The number of amides is 1. The van der Waals surface area contributed by atoms with Gasteiger partial charge < -0.3 is 10.2 Å². The molecule has 1 aliphatic heterocycles. The molecule has 1 N–H and O–H groups in total. The van der Waals surface area contributed by atoms with Crippen LogP contribution in [0.25, 0.3) is 0 Å². The maximum atomic E-state index is 12.9. The fraction of sp³-hybridized carbons (Fsp3) is 0.364. The van der Waals surface area contributed by atoms with Gasteiger partial charge in [-0.05, 0) is 47.9 Å². The molecule has 1 aliphatic rings. The Morgan fingerprint density at radius 3 is 2.17 bits per heavy atom. The molecule has 0 aromatic heterocycles. The van der Waals surface area contributed by atoms with Gasteiger partial charge in [0.15, 0.2) is 0 Å². The summed E-state index contributed by atoms with van der Waals surface area (Å²) in [5.41, 5.74) is 2.41. The van der Waals surface area contributed by atoms with Crippen LogP contribution in [0.15, 0.2) is 53.4 Å². The molecule has 7 nitrogen and oxygen atoms in total. The third-order valence-electron chi connectivity index (χ3n) is 5.23. The van der Waals surface area contributed by atoms with Crippen LogP contribution in [0.5, 0.6) is 0 Å². The number of hydrogen-bond donors (Lipinski definition) is 1. The molecule has 2 aromatic carbocycles. The highest BCUT2D eigenvalue weighted by molar-refractivity contribution is 7.89. The first-order chi connectivity index (χ1) is 14.3. The second-order valence-corrected chi connectivity index (χ2v) is 9.49. The van der Waals surface area contributed by atoms with Crippen molar-refractivity contribution in [3.63, 3.8) is 0 Å². The molecule has 158 valence electrons. The predicted molar refractivity (Wildman–Crippen MR) is 116 cm³/mol. The van der Waals surface area contributed by atoms with Gasteiger partial charge in [0.2, 0.25) is 15.9 Å². The van der Waals surface area contributed by atoms with E-state index in [1.54, 1.807) is 41.3 Å². The molecule has 2 aromatic rings. The first kappa shape index (κ1) is 21.8. The van der Waals surface area contributed by atoms with E-state index in [-0.39, 0.29) is 30.4 Å². The fourth-order valence-corrected chi connectivity index (χ4v) is 4.73. The van der Waals surface area contributed by atoms with Gasteiger partial charge in [-0.25, -0.2) is 8.42 Å². The summed E-state index contributed by atoms with van der Waals surface area (Å²) in [5, 5.41) is 11.9. The molecule has 0 bridgehead atoms.